The highest BCUT2D eigenvalue weighted by Gasteiger charge is 2.34. The maximum Gasteiger partial charge on any atom is 0.411 e. The summed E-state index contributed by atoms with van der Waals surface area (Å²) in [6, 6.07) is 14.4. The fourth-order valence-corrected chi connectivity index (χ4v) is 2.58. The number of carbonyl (C=O) groups is 2. The number of benzene rings is 2. The monoisotopic (exact) mass is 325 g/mol. The molecule has 2 aromatic carbocycles. The summed E-state index contributed by atoms with van der Waals surface area (Å²) >= 11 is 0. The third kappa shape index (κ3) is 2.79. The Morgan fingerprint density at radius 1 is 1.25 bits per heavy atom. The second-order valence-corrected chi connectivity index (χ2v) is 5.17. The van der Waals surface area contributed by atoms with Gasteiger partial charge >= 0.3 is 6.09 Å². The molecule has 0 bridgehead atoms. The van der Waals surface area contributed by atoms with E-state index in [1.165, 1.54) is 12.0 Å². The van der Waals surface area contributed by atoms with Crippen molar-refractivity contribution in [3.63, 3.8) is 0 Å². The van der Waals surface area contributed by atoms with Crippen LogP contribution in [0.25, 0.3) is 0 Å². The summed E-state index contributed by atoms with van der Waals surface area (Å²) < 4.78 is 4.54. The first-order chi connectivity index (χ1) is 11.6. The largest absolute Gasteiger partial charge is 0.453 e. The average molecular weight is 325 g/mol. The van der Waals surface area contributed by atoms with E-state index in [4.69, 9.17) is 0 Å². The van der Waals surface area contributed by atoms with Crippen LogP contribution in [0.4, 0.5) is 16.2 Å². The van der Waals surface area contributed by atoms with Gasteiger partial charge in [-0.15, -0.1) is 0 Å². The minimum Gasteiger partial charge on any atom is -0.453 e. The van der Waals surface area contributed by atoms with E-state index in [0.717, 1.165) is 5.56 Å². The van der Waals surface area contributed by atoms with Gasteiger partial charge in [0.15, 0.2) is 5.71 Å². The van der Waals surface area contributed by atoms with E-state index >= 15 is 0 Å². The lowest BCUT2D eigenvalue weighted by atomic mass is 10.1. The zero-order chi connectivity index (χ0) is 17.1. The summed E-state index contributed by atoms with van der Waals surface area (Å²) in [5.41, 5.74) is 2.40. The first-order valence-corrected chi connectivity index (χ1v) is 7.21. The van der Waals surface area contributed by atoms with E-state index in [1.54, 1.807) is 18.2 Å². The van der Waals surface area contributed by atoms with Crippen LogP contribution in [0.1, 0.15) is 11.1 Å². The number of fused-ring (bicyclic) bond motifs is 1. The Morgan fingerprint density at radius 3 is 2.67 bits per heavy atom. The van der Waals surface area contributed by atoms with Gasteiger partial charge in [0, 0.05) is 11.3 Å². The van der Waals surface area contributed by atoms with Crippen molar-refractivity contribution >= 4 is 29.1 Å². The lowest BCUT2D eigenvalue weighted by Gasteiger charge is -2.17. The molecular formula is C17H15N3O4. The molecule has 2 aromatic rings. The molecule has 1 aliphatic heterocycles. The second-order valence-electron chi connectivity index (χ2n) is 5.17. The van der Waals surface area contributed by atoms with E-state index in [1.807, 2.05) is 30.3 Å². The summed E-state index contributed by atoms with van der Waals surface area (Å²) in [6.07, 6.45) is -0.622. The van der Waals surface area contributed by atoms with Crippen LogP contribution in [0.15, 0.2) is 53.7 Å². The Kier molecular flexibility index (Phi) is 4.15. The summed E-state index contributed by atoms with van der Waals surface area (Å²) in [5, 5.41) is 14.9. The van der Waals surface area contributed by atoms with Gasteiger partial charge in [0.1, 0.15) is 0 Å². The molecule has 0 saturated carbocycles. The van der Waals surface area contributed by atoms with E-state index in [0.29, 0.717) is 23.5 Å². The first-order valence-electron chi connectivity index (χ1n) is 7.21. The van der Waals surface area contributed by atoms with Gasteiger partial charge in [0.25, 0.3) is 5.91 Å². The van der Waals surface area contributed by atoms with Gasteiger partial charge in [-0.25, -0.2) is 4.79 Å². The van der Waals surface area contributed by atoms with E-state index < -0.39 is 12.0 Å². The molecule has 0 spiro atoms. The van der Waals surface area contributed by atoms with Crippen molar-refractivity contribution < 1.29 is 19.5 Å². The number of ether oxygens (including phenoxy) is 1. The molecule has 122 valence electrons. The quantitative estimate of drug-likeness (QED) is 0.670. The number of methoxy groups -OCH3 is 1. The molecule has 3 rings (SSSR count). The Hall–Kier alpha value is -3.35. The van der Waals surface area contributed by atoms with Crippen LogP contribution in [0, 0.1) is 0 Å². The zero-order valence-electron chi connectivity index (χ0n) is 12.9. The number of anilines is 2. The molecule has 7 heteroatoms. The molecule has 0 aliphatic carbocycles. The minimum atomic E-state index is -0.622. The molecule has 2 N–H and O–H groups in total. The fourth-order valence-electron chi connectivity index (χ4n) is 2.58. The SMILES string of the molecule is COC(=O)Nc1ccc2c(c1)/C(=N/O)C(=O)N2Cc1ccccc1. The van der Waals surface area contributed by atoms with Gasteiger partial charge in [-0.05, 0) is 23.8 Å². The highest BCUT2D eigenvalue weighted by molar-refractivity contribution is 6.54. The Balaban J connectivity index is 1.96. The Labute approximate surface area is 138 Å². The summed E-state index contributed by atoms with van der Waals surface area (Å²) in [7, 11) is 1.26. The first kappa shape index (κ1) is 15.5. The third-order valence-corrected chi connectivity index (χ3v) is 3.71. The summed E-state index contributed by atoms with van der Waals surface area (Å²) in [4.78, 5) is 25.4. The lowest BCUT2D eigenvalue weighted by Crippen LogP contribution is -2.29. The van der Waals surface area contributed by atoms with Gasteiger partial charge in [0.2, 0.25) is 0 Å². The van der Waals surface area contributed by atoms with Gasteiger partial charge in [-0.2, -0.15) is 0 Å². The zero-order valence-corrected chi connectivity index (χ0v) is 12.9. The third-order valence-electron chi connectivity index (χ3n) is 3.71. The van der Waals surface area contributed by atoms with Gasteiger partial charge in [0.05, 0.1) is 19.3 Å². The van der Waals surface area contributed by atoms with Crippen molar-refractivity contribution in [3.8, 4) is 0 Å². The van der Waals surface area contributed by atoms with Crippen molar-refractivity contribution in [2.75, 3.05) is 17.3 Å². The standard InChI is InChI=1S/C17H15N3O4/c1-24-17(22)18-12-7-8-14-13(9-12)15(19-23)16(21)20(14)10-11-5-3-2-4-6-11/h2-9,23H,10H2,1H3,(H,18,22)/b19-15-. The predicted octanol–water partition coefficient (Wildman–Crippen LogP) is 2.59. The molecule has 24 heavy (non-hydrogen) atoms. The number of hydrogen-bond acceptors (Lipinski definition) is 5. The number of rotatable bonds is 3. The maximum absolute atomic E-state index is 12.5. The maximum atomic E-state index is 12.5. The van der Waals surface area contributed by atoms with Crippen molar-refractivity contribution in [3.05, 3.63) is 59.7 Å². The van der Waals surface area contributed by atoms with Crippen LogP contribution in [-0.4, -0.2) is 30.0 Å². The van der Waals surface area contributed by atoms with Crippen LogP contribution >= 0.6 is 0 Å². The van der Waals surface area contributed by atoms with Crippen LogP contribution in [-0.2, 0) is 16.1 Å². The van der Waals surface area contributed by atoms with Crippen molar-refractivity contribution in [2.24, 2.45) is 5.16 Å². The van der Waals surface area contributed by atoms with E-state index in [-0.39, 0.29) is 5.71 Å². The number of carbonyl (C=O) groups excluding carboxylic acids is 2. The molecule has 7 nitrogen and oxygen atoms in total. The topological polar surface area (TPSA) is 91.2 Å². The summed E-state index contributed by atoms with van der Waals surface area (Å²) in [5.74, 6) is -0.397. The molecule has 2 amide bonds. The van der Waals surface area contributed by atoms with Gasteiger partial charge in [-0.3, -0.25) is 10.1 Å². The van der Waals surface area contributed by atoms with Gasteiger partial charge < -0.3 is 14.8 Å². The minimum absolute atomic E-state index is 0.0607. The van der Waals surface area contributed by atoms with Crippen LogP contribution in [0.5, 0.6) is 0 Å². The molecule has 0 aromatic heterocycles. The molecule has 0 saturated heterocycles. The molecular weight excluding hydrogens is 310 g/mol. The Bertz CT molecular complexity index is 818. The number of nitrogens with one attached hydrogen (secondary N) is 1. The van der Waals surface area contributed by atoms with Gasteiger partial charge in [-0.1, -0.05) is 35.5 Å². The molecule has 0 unspecified atom stereocenters. The molecule has 1 aliphatic rings. The fraction of sp³-hybridized carbons (Fsp3) is 0.118. The van der Waals surface area contributed by atoms with Crippen molar-refractivity contribution in [1.82, 2.24) is 0 Å². The highest BCUT2D eigenvalue weighted by Crippen LogP contribution is 2.33. The van der Waals surface area contributed by atoms with E-state index in [2.05, 4.69) is 15.2 Å². The van der Waals surface area contributed by atoms with Crippen LogP contribution < -0.4 is 10.2 Å². The number of nitrogens with zero attached hydrogens (tertiary/aromatic N) is 2. The molecule has 1 heterocycles. The molecule has 0 radical (unpaired) electrons. The van der Waals surface area contributed by atoms with Crippen molar-refractivity contribution in [1.29, 1.82) is 0 Å². The number of amides is 2. The Morgan fingerprint density at radius 2 is 2.00 bits per heavy atom. The number of hydrogen-bond donors (Lipinski definition) is 2. The lowest BCUT2D eigenvalue weighted by molar-refractivity contribution is -0.112. The molecule has 0 fully saturated rings. The predicted molar refractivity (Wildman–Crippen MR) is 88.4 cm³/mol. The van der Waals surface area contributed by atoms with Crippen LogP contribution in [0.3, 0.4) is 0 Å². The second kappa shape index (κ2) is 6.41. The average Bonchev–Trinajstić information content (AvgIpc) is 2.86. The number of oxime groups is 1. The summed E-state index contributed by atoms with van der Waals surface area (Å²) in [6.45, 7) is 0.357. The smallest absolute Gasteiger partial charge is 0.411 e. The highest BCUT2D eigenvalue weighted by atomic mass is 16.5. The normalized spacial score (nSPS) is 14.6. The molecule has 0 atom stereocenters. The van der Waals surface area contributed by atoms with E-state index in [9.17, 15) is 14.8 Å². The van der Waals surface area contributed by atoms with Crippen LogP contribution in [0.2, 0.25) is 0 Å². The van der Waals surface area contributed by atoms with Crippen molar-refractivity contribution in [2.45, 2.75) is 6.54 Å².